The fraction of sp³-hybridized carbons (Fsp3) is 0.957. The Kier molecular flexibility index (Phi) is 54.9. The molecule has 86 heavy (non-hydrogen) atoms. The first-order chi connectivity index (χ1) is 41.6. The highest BCUT2D eigenvalue weighted by molar-refractivity contribution is 6.60. The van der Waals surface area contributed by atoms with Crippen molar-refractivity contribution in [1.82, 2.24) is 16.0 Å². The molecule has 512 valence electrons. The molecule has 9 N–H and O–H groups in total. The van der Waals surface area contributed by atoms with Gasteiger partial charge in [-0.15, -0.1) is 0 Å². The minimum absolute atomic E-state index is 0.116. The third-order valence-electron chi connectivity index (χ3n) is 17.6. The fourth-order valence-corrected chi connectivity index (χ4v) is 14.1. The highest BCUT2D eigenvalue weighted by atomic mass is 28.4. The van der Waals surface area contributed by atoms with Gasteiger partial charge in [0.15, 0.2) is 0 Å². The van der Waals surface area contributed by atoms with Gasteiger partial charge in [-0.2, -0.15) is 0 Å². The number of hydrogen-bond donors (Lipinski definition) is 9. The Morgan fingerprint density at radius 1 is 0.314 bits per heavy atom. The van der Waals surface area contributed by atoms with Crippen molar-refractivity contribution in [2.45, 2.75) is 339 Å². The summed E-state index contributed by atoms with van der Waals surface area (Å²) in [6, 6.07) is 0.116. The predicted molar refractivity (Wildman–Crippen MR) is 356 cm³/mol. The van der Waals surface area contributed by atoms with Crippen molar-refractivity contribution >= 4 is 26.5 Å². The van der Waals surface area contributed by atoms with Gasteiger partial charge in [0, 0.05) is 31.7 Å². The van der Waals surface area contributed by atoms with E-state index in [1.807, 2.05) is 0 Å². The second-order valence-electron chi connectivity index (χ2n) is 26.8. The summed E-state index contributed by atoms with van der Waals surface area (Å²) in [4.78, 5) is 41.0. The molecule has 0 aromatic rings. The first-order valence-electron chi connectivity index (χ1n) is 35.9. The van der Waals surface area contributed by atoms with Crippen LogP contribution in [0.2, 0.25) is 6.04 Å². The molecule has 16 nitrogen and oxygen atoms in total. The Bertz CT molecular complexity index is 1410. The number of carbonyl (C=O) groups is 3. The van der Waals surface area contributed by atoms with Crippen LogP contribution in [0.5, 0.6) is 0 Å². The maximum Gasteiger partial charge on any atom is 0.501 e. The Balaban J connectivity index is 6.77. The second kappa shape index (κ2) is 56.0. The largest absolute Gasteiger partial charge is 0.501 e. The Labute approximate surface area is 529 Å². The molecule has 0 aromatic carbocycles. The number of hydrogen-bond acceptors (Lipinski definition) is 12. The molecule has 0 aliphatic heterocycles. The normalized spacial score (nSPS) is 12.6. The topological polar surface area (TPSA) is 236 Å². The quantitative estimate of drug-likeness (QED) is 0.0157. The maximum absolute atomic E-state index is 13.7. The summed E-state index contributed by atoms with van der Waals surface area (Å²) < 4.78 is 21.1. The van der Waals surface area contributed by atoms with Crippen molar-refractivity contribution in [2.24, 2.45) is 0 Å². The van der Waals surface area contributed by atoms with E-state index in [4.69, 9.17) is 13.3 Å². The lowest BCUT2D eigenvalue weighted by atomic mass is 10.0. The van der Waals surface area contributed by atoms with E-state index in [9.17, 15) is 45.0 Å². The number of carbonyl (C=O) groups excluding carboxylic acids is 3. The number of nitrogens with zero attached hydrogens (tertiary/aromatic N) is 1. The van der Waals surface area contributed by atoms with Crippen LogP contribution in [0.3, 0.4) is 0 Å². The van der Waals surface area contributed by atoms with Gasteiger partial charge < -0.3 is 64.4 Å². The Hall–Kier alpha value is -1.77. The van der Waals surface area contributed by atoms with Gasteiger partial charge in [-0.1, -0.05) is 259 Å². The van der Waals surface area contributed by atoms with E-state index in [1.54, 1.807) is 0 Å². The third-order valence-corrected chi connectivity index (χ3v) is 20.3. The lowest BCUT2D eigenvalue weighted by Gasteiger charge is -2.41. The zero-order valence-corrected chi connectivity index (χ0v) is 57.9. The fourth-order valence-electron chi connectivity index (χ4n) is 11.3. The number of unbranched alkanes of at least 4 members (excludes halogenated alkanes) is 37. The van der Waals surface area contributed by atoms with E-state index < -0.39 is 84.9 Å². The highest BCUT2D eigenvalue weighted by Crippen LogP contribution is 2.27. The molecular formula is C69H141N4O12Si+. The molecule has 0 atom stereocenters. The SMILES string of the molecule is CCCCCCCCCCCCCC(=O)NC(CO)(CO)CO[Si](CCC[N+](C)(C)CCCCCCCCCC)(OCC(CO)(CO)NC(=O)CCCCCCCCCCCCC)OCC(CO)(CO)NC(=O)CCCCCCCCCCCCC. The Morgan fingerprint density at radius 2 is 0.512 bits per heavy atom. The van der Waals surface area contributed by atoms with Crippen molar-refractivity contribution in [3.8, 4) is 0 Å². The molecule has 3 amide bonds. The monoisotopic (exact) mass is 1250 g/mol. The van der Waals surface area contributed by atoms with Gasteiger partial charge in [0.25, 0.3) is 0 Å². The van der Waals surface area contributed by atoms with Crippen LogP contribution in [0.25, 0.3) is 0 Å². The zero-order valence-electron chi connectivity index (χ0n) is 56.9. The Morgan fingerprint density at radius 3 is 0.733 bits per heavy atom. The van der Waals surface area contributed by atoms with Gasteiger partial charge in [-0.25, -0.2) is 0 Å². The van der Waals surface area contributed by atoms with Crippen LogP contribution in [-0.4, -0.2) is 165 Å². The van der Waals surface area contributed by atoms with Crippen LogP contribution in [0.1, 0.15) is 317 Å². The average molecular weight is 1250 g/mol. The van der Waals surface area contributed by atoms with Crippen LogP contribution in [0, 0.1) is 0 Å². The molecule has 0 fully saturated rings. The van der Waals surface area contributed by atoms with Crippen molar-refractivity contribution in [1.29, 1.82) is 0 Å². The van der Waals surface area contributed by atoms with Gasteiger partial charge in [0.1, 0.15) is 16.6 Å². The summed E-state index contributed by atoms with van der Waals surface area (Å²) in [5, 5.41) is 74.7. The molecule has 0 unspecified atom stereocenters. The van der Waals surface area contributed by atoms with Crippen molar-refractivity contribution < 1.29 is 62.8 Å². The maximum atomic E-state index is 13.7. The van der Waals surface area contributed by atoms with Crippen LogP contribution in [0.4, 0.5) is 0 Å². The number of aliphatic hydroxyl groups is 6. The van der Waals surface area contributed by atoms with Gasteiger partial charge in [-0.3, -0.25) is 14.4 Å². The highest BCUT2D eigenvalue weighted by Gasteiger charge is 2.49. The molecule has 0 saturated heterocycles. The number of quaternary nitrogens is 1. The zero-order chi connectivity index (χ0) is 63.8. The minimum atomic E-state index is -4.34. The molecule has 0 aromatic heterocycles. The molecule has 0 spiro atoms. The standard InChI is InChI=1S/C69H140N4O12Si/c1-7-11-15-19-23-27-30-33-36-40-44-49-64(80)70-67(55-74,56-75)61-83-86(54-48-53-73(5,6)52-47-43-39-26-22-18-14-10-4,84-62-68(57-76,58-77)71-65(81)50-45-41-37-34-31-28-24-20-16-12-8-2)85-63-69(59-78,60-79)72-66(82)51-46-42-38-35-32-29-25-21-17-13-9-3/h74-79H,7-63H2,1-6H3,(H2-,70,71,72,80,81,82)/p+1. The van der Waals surface area contributed by atoms with E-state index in [0.717, 1.165) is 77.2 Å². The first-order valence-corrected chi connectivity index (χ1v) is 37.9. The molecule has 0 heterocycles. The van der Waals surface area contributed by atoms with Crippen LogP contribution in [-0.2, 0) is 27.7 Å². The summed E-state index contributed by atoms with van der Waals surface area (Å²) in [5.74, 6) is -1.08. The molecular weight excluding hydrogens is 1100 g/mol. The van der Waals surface area contributed by atoms with Crippen molar-refractivity contribution in [2.75, 3.05) is 86.6 Å². The molecule has 0 radical (unpaired) electrons. The smallest absolute Gasteiger partial charge is 0.394 e. The lowest BCUT2D eigenvalue weighted by Crippen LogP contribution is -2.64. The lowest BCUT2D eigenvalue weighted by molar-refractivity contribution is -0.890. The van der Waals surface area contributed by atoms with Gasteiger partial charge in [0.2, 0.25) is 17.7 Å². The molecule has 0 aliphatic rings. The molecule has 17 heteroatoms. The van der Waals surface area contributed by atoms with Crippen molar-refractivity contribution in [3.05, 3.63) is 0 Å². The number of aliphatic hydroxyl groups excluding tert-OH is 6. The molecule has 0 aliphatic carbocycles. The molecule has 0 saturated carbocycles. The second-order valence-corrected chi connectivity index (χ2v) is 29.5. The minimum Gasteiger partial charge on any atom is -0.394 e. The number of rotatable bonds is 67. The summed E-state index contributed by atoms with van der Waals surface area (Å²) in [7, 11) is 0.000110. The van der Waals surface area contributed by atoms with Gasteiger partial charge in [0.05, 0.1) is 86.6 Å². The van der Waals surface area contributed by atoms with Crippen LogP contribution < -0.4 is 16.0 Å². The van der Waals surface area contributed by atoms with E-state index in [-0.39, 0.29) is 43.0 Å². The predicted octanol–water partition coefficient (Wildman–Crippen LogP) is 13.2. The van der Waals surface area contributed by atoms with E-state index >= 15 is 0 Å². The summed E-state index contributed by atoms with van der Waals surface area (Å²) in [6.07, 6.45) is 47.7. The van der Waals surface area contributed by atoms with E-state index in [2.05, 4.69) is 57.7 Å². The van der Waals surface area contributed by atoms with E-state index in [1.165, 1.54) is 173 Å². The van der Waals surface area contributed by atoms with Gasteiger partial charge >= 0.3 is 8.80 Å². The number of amides is 3. The average Bonchev–Trinajstić information content (AvgIpc) is 3.70. The number of nitrogens with one attached hydrogen (secondary N) is 3. The molecule has 0 bridgehead atoms. The molecule has 0 rings (SSSR count). The van der Waals surface area contributed by atoms with Crippen LogP contribution >= 0.6 is 0 Å². The van der Waals surface area contributed by atoms with Crippen molar-refractivity contribution in [3.63, 3.8) is 0 Å². The summed E-state index contributed by atoms with van der Waals surface area (Å²) >= 11 is 0. The van der Waals surface area contributed by atoms with E-state index in [0.29, 0.717) is 36.7 Å². The summed E-state index contributed by atoms with van der Waals surface area (Å²) in [6.45, 7) is 4.89. The van der Waals surface area contributed by atoms with Gasteiger partial charge in [-0.05, 0) is 32.1 Å². The van der Waals surface area contributed by atoms with Crippen LogP contribution in [0.15, 0.2) is 0 Å². The third kappa shape index (κ3) is 44.7. The first kappa shape index (κ1) is 84.2. The summed E-state index contributed by atoms with van der Waals surface area (Å²) in [5.41, 5.74) is -5.06.